The predicted octanol–water partition coefficient (Wildman–Crippen LogP) is 3.75. The lowest BCUT2D eigenvalue weighted by molar-refractivity contribution is 0.0633. The summed E-state index contributed by atoms with van der Waals surface area (Å²) < 4.78 is 1.78. The van der Waals surface area contributed by atoms with Crippen LogP contribution in [0.1, 0.15) is 36.3 Å². The monoisotopic (exact) mass is 405 g/mol. The summed E-state index contributed by atoms with van der Waals surface area (Å²) in [5.41, 5.74) is 4.13. The van der Waals surface area contributed by atoms with E-state index in [2.05, 4.69) is 23.8 Å². The molecule has 6 heteroatoms. The first-order chi connectivity index (χ1) is 14.4. The summed E-state index contributed by atoms with van der Waals surface area (Å²) in [4.78, 5) is 22.9. The number of benzene rings is 1. The van der Waals surface area contributed by atoms with Gasteiger partial charge in [-0.3, -0.25) is 14.4 Å². The minimum Gasteiger partial charge on any atom is -0.336 e. The van der Waals surface area contributed by atoms with Gasteiger partial charge in [-0.15, -0.1) is 0 Å². The molecule has 1 amide bonds. The van der Waals surface area contributed by atoms with Crippen molar-refractivity contribution in [3.63, 3.8) is 0 Å². The van der Waals surface area contributed by atoms with E-state index in [0.29, 0.717) is 11.5 Å². The number of aryl methyl sites for hydroxylation is 2. The van der Waals surface area contributed by atoms with Gasteiger partial charge in [-0.25, -0.2) is 4.98 Å². The van der Waals surface area contributed by atoms with Gasteiger partial charge in [-0.05, 0) is 31.9 Å². The molecule has 158 valence electrons. The second kappa shape index (κ2) is 8.56. The maximum atomic E-state index is 13.6. The summed E-state index contributed by atoms with van der Waals surface area (Å²) in [6.07, 6.45) is 1.20. The fourth-order valence-electron chi connectivity index (χ4n) is 4.16. The molecule has 0 spiro atoms. The third kappa shape index (κ3) is 4.10. The first kappa shape index (κ1) is 20.5. The molecule has 3 aromatic rings. The highest BCUT2D eigenvalue weighted by molar-refractivity contribution is 6.07. The molecule has 30 heavy (non-hydrogen) atoms. The van der Waals surface area contributed by atoms with Crippen molar-refractivity contribution < 1.29 is 4.79 Å². The normalized spacial score (nSPS) is 15.3. The molecule has 0 saturated carbocycles. The lowest BCUT2D eigenvalue weighted by atomic mass is 10.0. The predicted molar refractivity (Wildman–Crippen MR) is 120 cm³/mol. The quantitative estimate of drug-likeness (QED) is 0.649. The third-order valence-electron chi connectivity index (χ3n) is 5.95. The maximum Gasteiger partial charge on any atom is 0.254 e. The maximum absolute atomic E-state index is 13.6. The lowest BCUT2D eigenvalue weighted by Crippen LogP contribution is -2.49. The second-order valence-electron chi connectivity index (χ2n) is 8.65. The molecule has 1 fully saturated rings. The van der Waals surface area contributed by atoms with Crippen LogP contribution in [0.15, 0.2) is 36.4 Å². The van der Waals surface area contributed by atoms with Crippen LogP contribution in [0.4, 0.5) is 0 Å². The molecule has 1 aliphatic rings. The molecule has 2 aromatic heterocycles. The van der Waals surface area contributed by atoms with E-state index in [0.717, 1.165) is 60.7 Å². The SMILES string of the molecule is Cc1nn(C)c2nc(-c3ccccc3)cc(C(=O)N3CCN(CCC(C)C)CC3)c12. The van der Waals surface area contributed by atoms with Crippen LogP contribution in [0.2, 0.25) is 0 Å². The Morgan fingerprint density at radius 2 is 1.80 bits per heavy atom. The van der Waals surface area contributed by atoms with E-state index < -0.39 is 0 Å². The van der Waals surface area contributed by atoms with Gasteiger partial charge in [0.05, 0.1) is 22.3 Å². The summed E-state index contributed by atoms with van der Waals surface area (Å²) in [7, 11) is 1.89. The molecule has 6 nitrogen and oxygen atoms in total. The average Bonchev–Trinajstić information content (AvgIpc) is 3.05. The number of aromatic nitrogens is 3. The fraction of sp³-hybridized carbons (Fsp3) is 0.458. The molecule has 0 unspecified atom stereocenters. The van der Waals surface area contributed by atoms with E-state index in [1.807, 2.05) is 55.3 Å². The minimum atomic E-state index is 0.0826. The molecule has 0 radical (unpaired) electrons. The van der Waals surface area contributed by atoms with Gasteiger partial charge in [-0.1, -0.05) is 44.2 Å². The minimum absolute atomic E-state index is 0.0826. The number of rotatable bonds is 5. The number of pyridine rings is 1. The van der Waals surface area contributed by atoms with Crippen LogP contribution in [0.3, 0.4) is 0 Å². The van der Waals surface area contributed by atoms with Gasteiger partial charge in [0.2, 0.25) is 0 Å². The molecule has 0 atom stereocenters. The van der Waals surface area contributed by atoms with Crippen LogP contribution in [-0.4, -0.2) is 63.2 Å². The average molecular weight is 406 g/mol. The van der Waals surface area contributed by atoms with Crippen molar-refractivity contribution in [2.45, 2.75) is 27.2 Å². The summed E-state index contributed by atoms with van der Waals surface area (Å²) in [5, 5.41) is 5.41. The van der Waals surface area contributed by atoms with Gasteiger partial charge in [0, 0.05) is 38.8 Å². The Kier molecular flexibility index (Phi) is 5.86. The van der Waals surface area contributed by atoms with E-state index in [-0.39, 0.29) is 5.91 Å². The standard InChI is InChI=1S/C24H31N5O/c1-17(2)10-11-28-12-14-29(15-13-28)24(30)20-16-21(19-8-6-5-7-9-19)25-23-22(20)18(3)26-27(23)4/h5-9,16-17H,10-15H2,1-4H3. The Labute approximate surface area is 178 Å². The largest absolute Gasteiger partial charge is 0.336 e. The number of carbonyl (C=O) groups is 1. The van der Waals surface area contributed by atoms with Crippen molar-refractivity contribution in [3.8, 4) is 11.3 Å². The Balaban J connectivity index is 1.64. The Bertz CT molecular complexity index is 1030. The van der Waals surface area contributed by atoms with E-state index in [4.69, 9.17) is 4.98 Å². The van der Waals surface area contributed by atoms with Crippen LogP contribution in [0.25, 0.3) is 22.3 Å². The van der Waals surface area contributed by atoms with E-state index in [1.54, 1.807) is 4.68 Å². The molecule has 0 aliphatic carbocycles. The highest BCUT2D eigenvalue weighted by Gasteiger charge is 2.26. The summed E-state index contributed by atoms with van der Waals surface area (Å²) in [6.45, 7) is 11.0. The van der Waals surface area contributed by atoms with Gasteiger partial charge in [0.15, 0.2) is 5.65 Å². The zero-order valence-electron chi connectivity index (χ0n) is 18.4. The number of hydrogen-bond acceptors (Lipinski definition) is 4. The van der Waals surface area contributed by atoms with Gasteiger partial charge in [0.25, 0.3) is 5.91 Å². The van der Waals surface area contributed by atoms with Crippen LogP contribution in [-0.2, 0) is 7.05 Å². The van der Waals surface area contributed by atoms with Crippen molar-refractivity contribution in [2.75, 3.05) is 32.7 Å². The molecular formula is C24H31N5O. The van der Waals surface area contributed by atoms with Gasteiger partial charge >= 0.3 is 0 Å². The summed E-state index contributed by atoms with van der Waals surface area (Å²) in [6, 6.07) is 12.0. The molecule has 1 aliphatic heterocycles. The van der Waals surface area contributed by atoms with E-state index >= 15 is 0 Å². The number of nitrogens with zero attached hydrogens (tertiary/aromatic N) is 5. The molecule has 4 rings (SSSR count). The molecule has 0 bridgehead atoms. The van der Waals surface area contributed by atoms with Crippen LogP contribution in [0, 0.1) is 12.8 Å². The lowest BCUT2D eigenvalue weighted by Gasteiger charge is -2.35. The van der Waals surface area contributed by atoms with Crippen LogP contribution >= 0.6 is 0 Å². The summed E-state index contributed by atoms with van der Waals surface area (Å²) >= 11 is 0. The van der Waals surface area contributed by atoms with Crippen LogP contribution in [0.5, 0.6) is 0 Å². The molecular weight excluding hydrogens is 374 g/mol. The first-order valence-corrected chi connectivity index (χ1v) is 10.9. The smallest absolute Gasteiger partial charge is 0.254 e. The fourth-order valence-corrected chi connectivity index (χ4v) is 4.16. The number of hydrogen-bond donors (Lipinski definition) is 0. The number of carbonyl (C=O) groups excluding carboxylic acids is 1. The Morgan fingerprint density at radius 1 is 1.10 bits per heavy atom. The van der Waals surface area contributed by atoms with E-state index in [9.17, 15) is 4.79 Å². The number of amides is 1. The van der Waals surface area contributed by atoms with Gasteiger partial charge in [0.1, 0.15) is 0 Å². The first-order valence-electron chi connectivity index (χ1n) is 10.9. The topological polar surface area (TPSA) is 54.3 Å². The van der Waals surface area contributed by atoms with Crippen molar-refractivity contribution in [1.29, 1.82) is 0 Å². The van der Waals surface area contributed by atoms with Crippen molar-refractivity contribution >= 4 is 16.9 Å². The zero-order valence-corrected chi connectivity index (χ0v) is 18.4. The Hall–Kier alpha value is -2.73. The van der Waals surface area contributed by atoms with Crippen molar-refractivity contribution in [1.82, 2.24) is 24.6 Å². The number of fused-ring (bicyclic) bond motifs is 1. The Morgan fingerprint density at radius 3 is 2.47 bits per heavy atom. The second-order valence-corrected chi connectivity index (χ2v) is 8.65. The van der Waals surface area contributed by atoms with Crippen molar-refractivity contribution in [2.24, 2.45) is 13.0 Å². The van der Waals surface area contributed by atoms with E-state index in [1.165, 1.54) is 6.42 Å². The third-order valence-corrected chi connectivity index (χ3v) is 5.95. The van der Waals surface area contributed by atoms with Gasteiger partial charge < -0.3 is 4.90 Å². The summed E-state index contributed by atoms with van der Waals surface area (Å²) in [5.74, 6) is 0.791. The molecule has 1 saturated heterocycles. The van der Waals surface area contributed by atoms with Gasteiger partial charge in [-0.2, -0.15) is 5.10 Å². The number of piperazine rings is 1. The molecule has 3 heterocycles. The van der Waals surface area contributed by atoms with Crippen LogP contribution < -0.4 is 0 Å². The zero-order chi connectivity index (χ0) is 21.3. The highest BCUT2D eigenvalue weighted by Crippen LogP contribution is 2.28. The van der Waals surface area contributed by atoms with Crippen molar-refractivity contribution in [3.05, 3.63) is 47.7 Å². The molecule has 0 N–H and O–H groups in total. The highest BCUT2D eigenvalue weighted by atomic mass is 16.2. The molecule has 1 aromatic carbocycles.